The molecule has 2 aromatic heterocycles. The molecule has 0 saturated heterocycles. The van der Waals surface area contributed by atoms with Gasteiger partial charge in [-0.2, -0.15) is 10.3 Å². The molecule has 0 aliphatic heterocycles. The Bertz CT molecular complexity index is 1840. The molecule has 11 heteroatoms. The lowest BCUT2D eigenvalue weighted by atomic mass is 9.93. The zero-order valence-corrected chi connectivity index (χ0v) is 23.9. The number of sulfonamides is 1. The van der Waals surface area contributed by atoms with Crippen molar-refractivity contribution in [1.29, 1.82) is 0 Å². The largest absolute Gasteiger partial charge is 0.481 e. The molecule has 0 spiro atoms. The summed E-state index contributed by atoms with van der Waals surface area (Å²) in [7, 11) is -3.75. The number of H-pyrrole nitrogens is 1. The van der Waals surface area contributed by atoms with Crippen LogP contribution in [-0.4, -0.2) is 46.3 Å². The lowest BCUT2D eigenvalue weighted by Crippen LogP contribution is -2.31. The van der Waals surface area contributed by atoms with Gasteiger partial charge in [0.05, 0.1) is 23.9 Å². The van der Waals surface area contributed by atoms with Gasteiger partial charge in [-0.25, -0.2) is 12.7 Å². The van der Waals surface area contributed by atoms with E-state index in [1.54, 1.807) is 6.92 Å². The molecule has 2 N–H and O–H groups in total. The van der Waals surface area contributed by atoms with Crippen LogP contribution in [0.2, 0.25) is 0 Å². The third kappa shape index (κ3) is 5.18. The van der Waals surface area contributed by atoms with Gasteiger partial charge in [0, 0.05) is 17.5 Å². The highest BCUT2D eigenvalue weighted by molar-refractivity contribution is 7.92. The van der Waals surface area contributed by atoms with Crippen molar-refractivity contribution in [3.05, 3.63) is 107 Å². The molecule has 0 radical (unpaired) electrons. The van der Waals surface area contributed by atoms with E-state index in [1.165, 1.54) is 4.31 Å². The molecule has 3 aromatic carbocycles. The number of carboxylic acids is 1. The Labute approximate surface area is 243 Å². The lowest BCUT2D eigenvalue weighted by molar-refractivity contribution is -0.140. The number of aryl methyl sites for hydroxylation is 1. The number of carboxylic acid groups (broad SMARTS) is 1. The molecule has 10 nitrogen and oxygen atoms in total. The Morgan fingerprint density at radius 2 is 1.57 bits per heavy atom. The molecular formula is C31H29N5O5S. The van der Waals surface area contributed by atoms with Gasteiger partial charge in [0.25, 0.3) is 0 Å². The third-order valence-electron chi connectivity index (χ3n) is 7.81. The van der Waals surface area contributed by atoms with E-state index in [0.29, 0.717) is 42.0 Å². The molecule has 1 aliphatic rings. The Hall–Kier alpha value is -4.77. The molecule has 1 fully saturated rings. The summed E-state index contributed by atoms with van der Waals surface area (Å²) < 4.78 is 32.9. The molecule has 0 unspecified atom stereocenters. The number of hydrogen-bond acceptors (Lipinski definition) is 7. The van der Waals surface area contributed by atoms with E-state index in [0.717, 1.165) is 34.1 Å². The Balaban J connectivity index is 1.27. The first-order valence-electron chi connectivity index (χ1n) is 13.5. The van der Waals surface area contributed by atoms with Crippen LogP contribution in [0.25, 0.3) is 22.5 Å². The number of benzene rings is 3. The summed E-state index contributed by atoms with van der Waals surface area (Å²) in [4.78, 5) is 11.7. The minimum absolute atomic E-state index is 0.0354. The van der Waals surface area contributed by atoms with Crippen LogP contribution < -0.4 is 4.31 Å². The first kappa shape index (κ1) is 27.4. The monoisotopic (exact) mass is 583 g/mol. The first-order valence-corrected chi connectivity index (χ1v) is 15.3. The number of aliphatic carboxylic acids is 1. The number of nitrogens with one attached hydrogen (secondary N) is 1. The van der Waals surface area contributed by atoms with Gasteiger partial charge in [0.15, 0.2) is 11.6 Å². The summed E-state index contributed by atoms with van der Waals surface area (Å²) in [6.45, 7) is 1.74. The van der Waals surface area contributed by atoms with Crippen LogP contribution in [0.3, 0.4) is 0 Å². The van der Waals surface area contributed by atoms with Crippen molar-refractivity contribution in [1.82, 2.24) is 20.6 Å². The van der Waals surface area contributed by atoms with E-state index in [1.807, 2.05) is 78.9 Å². The maximum Gasteiger partial charge on any atom is 0.314 e. The van der Waals surface area contributed by atoms with Gasteiger partial charge in [-0.3, -0.25) is 4.79 Å². The normalized spacial score (nSPS) is 14.0. The molecule has 1 saturated carbocycles. The average Bonchev–Trinajstić information content (AvgIpc) is 3.56. The number of nitrogens with zero attached hydrogens (tertiary/aromatic N) is 4. The second-order valence-electron chi connectivity index (χ2n) is 10.6. The quantitative estimate of drug-likeness (QED) is 0.231. The predicted octanol–water partition coefficient (Wildman–Crippen LogP) is 5.11. The van der Waals surface area contributed by atoms with Gasteiger partial charge in [-0.1, -0.05) is 84.0 Å². The van der Waals surface area contributed by atoms with Gasteiger partial charge in [0.1, 0.15) is 5.69 Å². The van der Waals surface area contributed by atoms with E-state index >= 15 is 0 Å². The Morgan fingerprint density at radius 3 is 2.17 bits per heavy atom. The maximum absolute atomic E-state index is 13.0. The summed E-state index contributed by atoms with van der Waals surface area (Å²) in [5, 5.41) is 24.7. The minimum atomic E-state index is -3.75. The van der Waals surface area contributed by atoms with Crippen molar-refractivity contribution in [2.45, 2.75) is 38.1 Å². The van der Waals surface area contributed by atoms with Crippen molar-refractivity contribution in [3.63, 3.8) is 0 Å². The predicted molar refractivity (Wildman–Crippen MR) is 157 cm³/mol. The molecule has 1 aliphatic carbocycles. The summed E-state index contributed by atoms with van der Waals surface area (Å²) >= 11 is 0. The minimum Gasteiger partial charge on any atom is -0.481 e. The molecule has 2 heterocycles. The number of aromatic nitrogens is 4. The highest BCUT2D eigenvalue weighted by Crippen LogP contribution is 2.48. The van der Waals surface area contributed by atoms with Crippen LogP contribution in [-0.2, 0) is 33.2 Å². The van der Waals surface area contributed by atoms with Crippen LogP contribution in [0.5, 0.6) is 0 Å². The van der Waals surface area contributed by atoms with E-state index in [4.69, 9.17) is 4.52 Å². The standard InChI is InChI=1S/C31H29N5O5S/c1-20-26(19-36(42(2,39)40)29-27(32-35-33-29)18-21-6-4-3-5-7-21)28(41-34-20)24-10-8-22(9-11-24)23-12-14-25(15-13-23)31(16-17-31)30(37)38/h3-15H,16-19H2,1-2H3,(H,37,38)(H,32,33,35). The second kappa shape index (κ2) is 10.6. The van der Waals surface area contributed by atoms with Gasteiger partial charge in [-0.15, -0.1) is 5.10 Å². The Kier molecular flexibility index (Phi) is 6.90. The first-order chi connectivity index (χ1) is 20.2. The number of carbonyl (C=O) groups is 1. The highest BCUT2D eigenvalue weighted by Gasteiger charge is 2.51. The molecule has 5 aromatic rings. The molecule has 6 rings (SSSR count). The molecule has 0 bridgehead atoms. The third-order valence-corrected chi connectivity index (χ3v) is 8.92. The molecule has 214 valence electrons. The van der Waals surface area contributed by atoms with Crippen LogP contribution in [0, 0.1) is 6.92 Å². The van der Waals surface area contributed by atoms with Gasteiger partial charge in [0.2, 0.25) is 10.0 Å². The van der Waals surface area contributed by atoms with Crippen molar-refractivity contribution in [2.75, 3.05) is 10.6 Å². The van der Waals surface area contributed by atoms with E-state index in [-0.39, 0.29) is 12.4 Å². The van der Waals surface area contributed by atoms with Crippen LogP contribution >= 0.6 is 0 Å². The molecule has 0 atom stereocenters. The van der Waals surface area contributed by atoms with E-state index < -0.39 is 21.4 Å². The summed E-state index contributed by atoms with van der Waals surface area (Å²) in [6.07, 6.45) is 2.88. The van der Waals surface area contributed by atoms with Crippen molar-refractivity contribution >= 4 is 21.8 Å². The van der Waals surface area contributed by atoms with Crippen molar-refractivity contribution in [3.8, 4) is 22.5 Å². The number of aromatic amines is 1. The average molecular weight is 584 g/mol. The fourth-order valence-electron chi connectivity index (χ4n) is 5.20. The smallest absolute Gasteiger partial charge is 0.314 e. The zero-order valence-electron chi connectivity index (χ0n) is 23.1. The van der Waals surface area contributed by atoms with Crippen molar-refractivity contribution in [2.24, 2.45) is 0 Å². The Morgan fingerprint density at radius 1 is 0.952 bits per heavy atom. The molecular weight excluding hydrogens is 554 g/mol. The van der Waals surface area contributed by atoms with Gasteiger partial charge >= 0.3 is 5.97 Å². The zero-order chi connectivity index (χ0) is 29.5. The van der Waals surface area contributed by atoms with Gasteiger partial charge < -0.3 is 9.63 Å². The number of hydrogen-bond donors (Lipinski definition) is 2. The topological polar surface area (TPSA) is 142 Å². The lowest BCUT2D eigenvalue weighted by Gasteiger charge is -2.20. The van der Waals surface area contributed by atoms with E-state index in [9.17, 15) is 18.3 Å². The van der Waals surface area contributed by atoms with E-state index in [2.05, 4.69) is 20.6 Å². The second-order valence-corrected chi connectivity index (χ2v) is 12.6. The molecule has 0 amide bonds. The number of rotatable bonds is 10. The number of anilines is 1. The fourth-order valence-corrected chi connectivity index (χ4v) is 6.02. The van der Waals surface area contributed by atoms with Crippen LogP contribution in [0.4, 0.5) is 5.82 Å². The van der Waals surface area contributed by atoms with Crippen molar-refractivity contribution < 1.29 is 22.8 Å². The summed E-state index contributed by atoms with van der Waals surface area (Å²) in [6, 6.07) is 25.0. The summed E-state index contributed by atoms with van der Waals surface area (Å²) in [5.41, 5.74) is 5.42. The highest BCUT2D eigenvalue weighted by atomic mass is 32.2. The summed E-state index contributed by atoms with van der Waals surface area (Å²) in [5.74, 6) is -0.0842. The fraction of sp³-hybridized carbons (Fsp3) is 0.226. The van der Waals surface area contributed by atoms with Crippen LogP contribution in [0.1, 0.15) is 40.9 Å². The van der Waals surface area contributed by atoms with Crippen LogP contribution in [0.15, 0.2) is 83.4 Å². The maximum atomic E-state index is 13.0. The molecule has 42 heavy (non-hydrogen) atoms. The SMILES string of the molecule is Cc1noc(-c2ccc(-c3ccc(C4(C(=O)O)CC4)cc3)cc2)c1CN(c1n[nH]nc1Cc1ccccc1)S(C)(=O)=O. The van der Waals surface area contributed by atoms with Gasteiger partial charge in [-0.05, 0) is 42.0 Å².